The molecule has 1 unspecified atom stereocenters. The van der Waals surface area contributed by atoms with Crippen LogP contribution < -0.4 is 0 Å². The van der Waals surface area contributed by atoms with Crippen LogP contribution in [0.5, 0.6) is 0 Å². The number of rotatable bonds is 2. The number of alkyl halides is 1. The maximum atomic E-state index is 6.75. The van der Waals surface area contributed by atoms with Crippen molar-refractivity contribution in [3.8, 4) is 0 Å². The first kappa shape index (κ1) is 13.4. The highest BCUT2D eigenvalue weighted by Crippen LogP contribution is 2.40. The minimum absolute atomic E-state index is 0.0712. The van der Waals surface area contributed by atoms with Crippen molar-refractivity contribution in [2.24, 2.45) is 5.92 Å². The smallest absolute Gasteiger partial charge is 0.0621 e. The highest BCUT2D eigenvalue weighted by Gasteiger charge is 2.25. The minimum atomic E-state index is 0.0712. The average molecular weight is 340 g/mol. The van der Waals surface area contributed by atoms with Gasteiger partial charge in [0.25, 0.3) is 0 Å². The second-order valence-electron chi connectivity index (χ2n) is 5.03. The lowest BCUT2D eigenvalue weighted by atomic mass is 9.89. The Labute approximate surface area is 127 Å². The first-order chi connectivity index (χ1) is 9.27. The fraction of sp³-hybridized carbons (Fsp3) is 0.375. The van der Waals surface area contributed by atoms with Gasteiger partial charge in [-0.3, -0.25) is 0 Å². The Morgan fingerprint density at radius 2 is 1.74 bits per heavy atom. The molecule has 1 nitrogen and oxygen atoms in total. The van der Waals surface area contributed by atoms with Crippen LogP contribution >= 0.6 is 27.5 Å². The SMILES string of the molecule is ClC(c1ccc(Br)c2ccccc12)C1CCOCC1. The van der Waals surface area contributed by atoms with Crippen LogP contribution in [0.3, 0.4) is 0 Å². The molecular weight excluding hydrogens is 324 g/mol. The van der Waals surface area contributed by atoms with Crippen molar-refractivity contribution in [3.63, 3.8) is 0 Å². The lowest BCUT2D eigenvalue weighted by Crippen LogP contribution is -2.19. The molecule has 3 heteroatoms. The second-order valence-corrected chi connectivity index (χ2v) is 6.36. The van der Waals surface area contributed by atoms with E-state index in [1.165, 1.54) is 16.3 Å². The molecule has 0 bridgehead atoms. The summed E-state index contributed by atoms with van der Waals surface area (Å²) in [6, 6.07) is 12.7. The summed E-state index contributed by atoms with van der Waals surface area (Å²) in [4.78, 5) is 0. The van der Waals surface area contributed by atoms with Gasteiger partial charge >= 0.3 is 0 Å². The van der Waals surface area contributed by atoms with Gasteiger partial charge in [0.2, 0.25) is 0 Å². The lowest BCUT2D eigenvalue weighted by Gasteiger charge is -2.27. The number of fused-ring (bicyclic) bond motifs is 1. The standard InChI is InChI=1S/C16H16BrClO/c17-15-6-5-14(12-3-1-2-4-13(12)15)16(18)11-7-9-19-10-8-11/h1-6,11,16H,7-10H2. The zero-order valence-electron chi connectivity index (χ0n) is 10.6. The molecule has 19 heavy (non-hydrogen) atoms. The van der Waals surface area contributed by atoms with E-state index in [1.807, 2.05) is 0 Å². The highest BCUT2D eigenvalue weighted by atomic mass is 79.9. The zero-order chi connectivity index (χ0) is 13.2. The molecule has 100 valence electrons. The van der Waals surface area contributed by atoms with Gasteiger partial charge in [0.05, 0.1) is 5.38 Å². The third-order valence-electron chi connectivity index (χ3n) is 3.88. The predicted octanol–water partition coefficient (Wildman–Crippen LogP) is 5.31. The number of hydrogen-bond acceptors (Lipinski definition) is 1. The fourth-order valence-corrected chi connectivity index (χ4v) is 3.71. The van der Waals surface area contributed by atoms with E-state index < -0.39 is 0 Å². The maximum Gasteiger partial charge on any atom is 0.0621 e. The molecule has 1 heterocycles. The molecule has 0 aromatic heterocycles. The van der Waals surface area contributed by atoms with Crippen molar-refractivity contribution < 1.29 is 4.74 Å². The van der Waals surface area contributed by atoms with Gasteiger partial charge in [0, 0.05) is 17.7 Å². The van der Waals surface area contributed by atoms with Gasteiger partial charge in [-0.2, -0.15) is 0 Å². The molecule has 2 aromatic carbocycles. The quantitative estimate of drug-likeness (QED) is 0.674. The Morgan fingerprint density at radius 3 is 2.47 bits per heavy atom. The molecule has 0 saturated carbocycles. The van der Waals surface area contributed by atoms with Crippen LogP contribution in [0, 0.1) is 5.92 Å². The number of hydrogen-bond donors (Lipinski definition) is 0. The summed E-state index contributed by atoms with van der Waals surface area (Å²) in [5, 5.41) is 2.56. The Hall–Kier alpha value is -0.570. The average Bonchev–Trinajstić information content (AvgIpc) is 2.48. The van der Waals surface area contributed by atoms with Crippen LogP contribution in [0.4, 0.5) is 0 Å². The maximum absolute atomic E-state index is 6.75. The van der Waals surface area contributed by atoms with Gasteiger partial charge in [-0.15, -0.1) is 11.6 Å². The molecule has 0 aliphatic carbocycles. The van der Waals surface area contributed by atoms with Gasteiger partial charge < -0.3 is 4.74 Å². The molecular formula is C16H16BrClO. The molecule has 1 saturated heterocycles. The summed E-state index contributed by atoms with van der Waals surface area (Å²) in [5.41, 5.74) is 1.24. The van der Waals surface area contributed by atoms with Crippen molar-refractivity contribution in [2.45, 2.75) is 18.2 Å². The summed E-state index contributed by atoms with van der Waals surface area (Å²) >= 11 is 10.4. The van der Waals surface area contributed by atoms with Crippen molar-refractivity contribution >= 4 is 38.3 Å². The summed E-state index contributed by atoms with van der Waals surface area (Å²) in [7, 11) is 0. The van der Waals surface area contributed by atoms with Crippen LogP contribution in [0.1, 0.15) is 23.8 Å². The van der Waals surface area contributed by atoms with Crippen molar-refractivity contribution in [2.75, 3.05) is 13.2 Å². The molecule has 1 fully saturated rings. The molecule has 2 aromatic rings. The lowest BCUT2D eigenvalue weighted by molar-refractivity contribution is 0.0651. The summed E-state index contributed by atoms with van der Waals surface area (Å²) in [6.45, 7) is 1.67. The first-order valence-electron chi connectivity index (χ1n) is 6.66. The molecule has 1 aliphatic heterocycles. The molecule has 1 aliphatic rings. The fourth-order valence-electron chi connectivity index (χ4n) is 2.79. The van der Waals surface area contributed by atoms with Crippen molar-refractivity contribution in [1.82, 2.24) is 0 Å². The summed E-state index contributed by atoms with van der Waals surface area (Å²) < 4.78 is 6.55. The zero-order valence-corrected chi connectivity index (χ0v) is 13.0. The topological polar surface area (TPSA) is 9.23 Å². The van der Waals surface area contributed by atoms with E-state index in [9.17, 15) is 0 Å². The van der Waals surface area contributed by atoms with E-state index in [4.69, 9.17) is 16.3 Å². The third kappa shape index (κ3) is 2.67. The van der Waals surface area contributed by atoms with Crippen LogP contribution in [0.15, 0.2) is 40.9 Å². The normalized spacial score (nSPS) is 18.6. The molecule has 0 spiro atoms. The van der Waals surface area contributed by atoms with E-state index in [0.717, 1.165) is 30.5 Å². The second kappa shape index (κ2) is 5.82. The third-order valence-corrected chi connectivity index (χ3v) is 5.16. The molecule has 0 N–H and O–H groups in total. The molecule has 0 radical (unpaired) electrons. The Kier molecular flexibility index (Phi) is 4.11. The number of benzene rings is 2. The van der Waals surface area contributed by atoms with Gasteiger partial charge in [-0.1, -0.05) is 46.3 Å². The van der Waals surface area contributed by atoms with Crippen LogP contribution in [0.2, 0.25) is 0 Å². The molecule has 3 rings (SSSR count). The predicted molar refractivity (Wildman–Crippen MR) is 83.8 cm³/mol. The largest absolute Gasteiger partial charge is 0.381 e. The first-order valence-corrected chi connectivity index (χ1v) is 7.89. The monoisotopic (exact) mass is 338 g/mol. The van der Waals surface area contributed by atoms with Crippen LogP contribution in [-0.2, 0) is 4.74 Å². The van der Waals surface area contributed by atoms with Crippen molar-refractivity contribution in [3.05, 3.63) is 46.4 Å². The highest BCUT2D eigenvalue weighted by molar-refractivity contribution is 9.10. The summed E-state index contributed by atoms with van der Waals surface area (Å²) in [6.07, 6.45) is 2.11. The van der Waals surface area contributed by atoms with Crippen LogP contribution in [-0.4, -0.2) is 13.2 Å². The Morgan fingerprint density at radius 1 is 1.05 bits per heavy atom. The molecule has 1 atom stereocenters. The van der Waals surface area contributed by atoms with Gasteiger partial charge in [0.15, 0.2) is 0 Å². The van der Waals surface area contributed by atoms with Crippen LogP contribution in [0.25, 0.3) is 10.8 Å². The van der Waals surface area contributed by atoms with Gasteiger partial charge in [0.1, 0.15) is 0 Å². The molecule has 0 amide bonds. The van der Waals surface area contributed by atoms with E-state index in [0.29, 0.717) is 5.92 Å². The minimum Gasteiger partial charge on any atom is -0.381 e. The van der Waals surface area contributed by atoms with E-state index in [1.54, 1.807) is 0 Å². The van der Waals surface area contributed by atoms with E-state index in [2.05, 4.69) is 52.3 Å². The van der Waals surface area contributed by atoms with E-state index in [-0.39, 0.29) is 5.38 Å². The van der Waals surface area contributed by atoms with E-state index >= 15 is 0 Å². The van der Waals surface area contributed by atoms with Gasteiger partial charge in [-0.25, -0.2) is 0 Å². The number of ether oxygens (including phenoxy) is 1. The van der Waals surface area contributed by atoms with Gasteiger partial charge in [-0.05, 0) is 41.2 Å². The Balaban J connectivity index is 2.02. The summed E-state index contributed by atoms with van der Waals surface area (Å²) in [5.74, 6) is 0.514. The Bertz CT molecular complexity index is 578. The number of halogens is 2. The van der Waals surface area contributed by atoms with Crippen molar-refractivity contribution in [1.29, 1.82) is 0 Å².